The lowest BCUT2D eigenvalue weighted by atomic mass is 10.2. The molecular weight excluding hydrogens is 377 g/mol. The van der Waals surface area contributed by atoms with Gasteiger partial charge in [0.2, 0.25) is 0 Å². The Kier molecular flexibility index (Phi) is 4.26. The number of nitrogens with zero attached hydrogens (tertiary/aromatic N) is 2. The van der Waals surface area contributed by atoms with Gasteiger partial charge in [0.05, 0.1) is 0 Å². The molecule has 2 aromatic rings. The van der Waals surface area contributed by atoms with Crippen molar-refractivity contribution >= 4 is 32.6 Å². The summed E-state index contributed by atoms with van der Waals surface area (Å²) in [5.41, 5.74) is 1.09. The lowest BCUT2D eigenvalue weighted by Gasteiger charge is -2.06. The van der Waals surface area contributed by atoms with Crippen LogP contribution in [0.4, 0.5) is 0 Å². The number of primary sulfonamides is 1. The van der Waals surface area contributed by atoms with Crippen molar-refractivity contribution in [3.05, 3.63) is 45.4 Å². The summed E-state index contributed by atoms with van der Waals surface area (Å²) in [6.45, 7) is 2.52. The van der Waals surface area contributed by atoms with Crippen LogP contribution in [0.3, 0.4) is 0 Å². The molecule has 1 heterocycles. The van der Waals surface area contributed by atoms with Gasteiger partial charge in [0.15, 0.2) is 5.03 Å². The van der Waals surface area contributed by atoms with E-state index in [4.69, 9.17) is 5.14 Å². The molecule has 0 spiro atoms. The first-order valence-corrected chi connectivity index (χ1v) is 8.36. The van der Waals surface area contributed by atoms with E-state index in [-0.39, 0.29) is 5.03 Å². The Bertz CT molecular complexity index is 678. The molecule has 1 aromatic heterocycles. The molecule has 0 unspecified atom stereocenters. The zero-order valence-corrected chi connectivity index (χ0v) is 13.3. The summed E-state index contributed by atoms with van der Waals surface area (Å²) in [7, 11) is -3.75. The van der Waals surface area contributed by atoms with Crippen LogP contribution in [0.5, 0.6) is 0 Å². The highest BCUT2D eigenvalue weighted by Crippen LogP contribution is 2.13. The van der Waals surface area contributed by atoms with Crippen LogP contribution in [-0.2, 0) is 23.0 Å². The molecule has 0 saturated carbocycles. The van der Waals surface area contributed by atoms with Gasteiger partial charge < -0.3 is 4.57 Å². The van der Waals surface area contributed by atoms with Gasteiger partial charge in [0.25, 0.3) is 10.0 Å². The van der Waals surface area contributed by atoms with Crippen molar-refractivity contribution in [1.29, 1.82) is 0 Å². The van der Waals surface area contributed by atoms with Gasteiger partial charge in [-0.3, -0.25) is 0 Å². The molecule has 0 amide bonds. The number of rotatable bonds is 4. The third-order valence-corrected chi connectivity index (χ3v) is 4.21. The van der Waals surface area contributed by atoms with E-state index >= 15 is 0 Å². The summed E-state index contributed by atoms with van der Waals surface area (Å²) < 4.78 is 25.6. The predicted molar refractivity (Wildman–Crippen MR) is 81.2 cm³/mol. The number of halogens is 1. The molecule has 0 aliphatic heterocycles. The Hall–Kier alpha value is -0.930. The van der Waals surface area contributed by atoms with E-state index in [9.17, 15) is 8.42 Å². The quantitative estimate of drug-likeness (QED) is 0.807. The zero-order chi connectivity index (χ0) is 14.0. The van der Waals surface area contributed by atoms with E-state index in [0.29, 0.717) is 18.8 Å². The molecule has 0 bridgehead atoms. The number of aryl methyl sites for hydroxylation is 1. The topological polar surface area (TPSA) is 78.0 Å². The molecular formula is C12H14IN3O2S. The Morgan fingerprint density at radius 1 is 1.32 bits per heavy atom. The molecule has 0 aliphatic carbocycles. The lowest BCUT2D eigenvalue weighted by Crippen LogP contribution is -2.12. The third-order valence-electron chi connectivity index (χ3n) is 2.71. The number of aromatic nitrogens is 2. The fourth-order valence-corrected chi connectivity index (χ4v) is 2.64. The summed E-state index contributed by atoms with van der Waals surface area (Å²) in [6.07, 6.45) is 2.14. The highest BCUT2D eigenvalue weighted by Gasteiger charge is 2.15. The van der Waals surface area contributed by atoms with E-state index in [2.05, 4.69) is 27.6 Å². The maximum Gasteiger partial charge on any atom is 0.257 e. The van der Waals surface area contributed by atoms with E-state index in [1.807, 2.05) is 35.8 Å². The molecule has 0 fully saturated rings. The van der Waals surface area contributed by atoms with Crippen molar-refractivity contribution in [2.45, 2.75) is 24.9 Å². The second-order valence-corrected chi connectivity index (χ2v) is 6.90. The molecule has 1 aromatic carbocycles. The van der Waals surface area contributed by atoms with Crippen LogP contribution >= 0.6 is 22.6 Å². The third kappa shape index (κ3) is 3.54. The second kappa shape index (κ2) is 5.59. The molecule has 0 saturated heterocycles. The van der Waals surface area contributed by atoms with E-state index in [1.54, 1.807) is 0 Å². The molecule has 5 nitrogen and oxygen atoms in total. The number of nitrogens with two attached hydrogens (primary N) is 1. The normalized spacial score (nSPS) is 11.7. The maximum atomic E-state index is 11.3. The van der Waals surface area contributed by atoms with Gasteiger partial charge in [-0.25, -0.2) is 18.5 Å². The maximum absolute atomic E-state index is 11.3. The van der Waals surface area contributed by atoms with E-state index < -0.39 is 10.0 Å². The van der Waals surface area contributed by atoms with Gasteiger partial charge in [0.1, 0.15) is 5.82 Å². The molecule has 7 heteroatoms. The largest absolute Gasteiger partial charge is 0.329 e. The van der Waals surface area contributed by atoms with E-state index in [0.717, 1.165) is 9.13 Å². The van der Waals surface area contributed by atoms with Crippen LogP contribution in [0, 0.1) is 3.57 Å². The predicted octanol–water partition coefficient (Wildman–Crippen LogP) is 1.75. The minimum Gasteiger partial charge on any atom is -0.329 e. The Morgan fingerprint density at radius 2 is 1.95 bits per heavy atom. The minimum atomic E-state index is -3.75. The number of benzene rings is 1. The van der Waals surface area contributed by atoms with Gasteiger partial charge >= 0.3 is 0 Å². The monoisotopic (exact) mass is 391 g/mol. The number of hydrogen-bond donors (Lipinski definition) is 1. The standard InChI is InChI=1S/C12H14IN3O2S/c1-2-11-15-12(19(14,17)18)8-16(11)7-9-3-5-10(13)6-4-9/h3-6,8H,2,7H2,1H3,(H2,14,17,18). The molecule has 0 radical (unpaired) electrons. The average molecular weight is 391 g/mol. The van der Waals surface area contributed by atoms with Gasteiger partial charge in [-0.05, 0) is 40.3 Å². The van der Waals surface area contributed by atoms with Crippen LogP contribution in [0.2, 0.25) is 0 Å². The SMILES string of the molecule is CCc1nc(S(N)(=O)=O)cn1Cc1ccc(I)cc1. The Balaban J connectivity index is 2.34. The van der Waals surface area contributed by atoms with E-state index in [1.165, 1.54) is 6.20 Å². The first-order chi connectivity index (χ1) is 8.90. The fourth-order valence-electron chi connectivity index (χ4n) is 1.77. The van der Waals surface area contributed by atoms with Crippen molar-refractivity contribution in [2.75, 3.05) is 0 Å². The summed E-state index contributed by atoms with van der Waals surface area (Å²) in [6, 6.07) is 8.05. The molecule has 2 N–H and O–H groups in total. The zero-order valence-electron chi connectivity index (χ0n) is 10.4. The summed E-state index contributed by atoms with van der Waals surface area (Å²) in [4.78, 5) is 4.06. The minimum absolute atomic E-state index is 0.0742. The highest BCUT2D eigenvalue weighted by molar-refractivity contribution is 14.1. The molecule has 19 heavy (non-hydrogen) atoms. The fraction of sp³-hybridized carbons (Fsp3) is 0.250. The van der Waals surface area contributed by atoms with Crippen molar-refractivity contribution in [3.8, 4) is 0 Å². The van der Waals surface area contributed by atoms with Crippen LogP contribution in [-0.4, -0.2) is 18.0 Å². The van der Waals surface area contributed by atoms with Gasteiger partial charge in [0, 0.05) is 22.7 Å². The highest BCUT2D eigenvalue weighted by atomic mass is 127. The second-order valence-electron chi connectivity index (χ2n) is 4.15. The summed E-state index contributed by atoms with van der Waals surface area (Å²) >= 11 is 2.24. The molecule has 102 valence electrons. The number of imidazole rings is 1. The van der Waals surface area contributed by atoms with Gasteiger partial charge in [-0.1, -0.05) is 19.1 Å². The average Bonchev–Trinajstić information content (AvgIpc) is 2.75. The van der Waals surface area contributed by atoms with Gasteiger partial charge in [-0.15, -0.1) is 0 Å². The first kappa shape index (κ1) is 14.5. The Morgan fingerprint density at radius 3 is 2.47 bits per heavy atom. The van der Waals surface area contributed by atoms with Crippen molar-refractivity contribution in [3.63, 3.8) is 0 Å². The van der Waals surface area contributed by atoms with Crippen LogP contribution in [0.15, 0.2) is 35.5 Å². The smallest absolute Gasteiger partial charge is 0.257 e. The van der Waals surface area contributed by atoms with Crippen molar-refractivity contribution in [2.24, 2.45) is 5.14 Å². The lowest BCUT2D eigenvalue weighted by molar-refractivity contribution is 0.594. The first-order valence-electron chi connectivity index (χ1n) is 5.73. The van der Waals surface area contributed by atoms with Crippen molar-refractivity contribution in [1.82, 2.24) is 9.55 Å². The number of sulfonamides is 1. The Labute approximate surface area is 126 Å². The van der Waals surface area contributed by atoms with Crippen LogP contribution in [0.25, 0.3) is 0 Å². The molecule has 0 aliphatic rings. The van der Waals surface area contributed by atoms with Crippen molar-refractivity contribution < 1.29 is 8.42 Å². The van der Waals surface area contributed by atoms with Gasteiger partial charge in [-0.2, -0.15) is 0 Å². The molecule has 0 atom stereocenters. The van der Waals surface area contributed by atoms with Crippen LogP contribution in [0.1, 0.15) is 18.3 Å². The summed E-state index contributed by atoms with van der Waals surface area (Å²) in [5, 5.41) is 5.03. The summed E-state index contributed by atoms with van der Waals surface area (Å²) in [5.74, 6) is 0.711. The molecule has 2 rings (SSSR count). The van der Waals surface area contributed by atoms with Crippen LogP contribution < -0.4 is 5.14 Å². The number of hydrogen-bond acceptors (Lipinski definition) is 3.